The van der Waals surface area contributed by atoms with Gasteiger partial charge in [0.15, 0.2) is 5.79 Å². The fraction of sp³-hybridized carbons (Fsp3) is 1.00. The van der Waals surface area contributed by atoms with Crippen molar-refractivity contribution >= 4 is 0 Å². The van der Waals surface area contributed by atoms with Crippen LogP contribution in [-0.4, -0.2) is 64.3 Å². The first kappa shape index (κ1) is 13.8. The van der Waals surface area contributed by atoms with Crippen LogP contribution < -0.4 is 0 Å². The van der Waals surface area contributed by atoms with Crippen molar-refractivity contribution in [2.75, 3.05) is 13.7 Å². The van der Waals surface area contributed by atoms with Crippen LogP contribution >= 0.6 is 0 Å². The highest BCUT2D eigenvalue weighted by atomic mass is 16.7. The van der Waals surface area contributed by atoms with E-state index in [1.165, 1.54) is 7.11 Å². The smallest absolute Gasteiger partial charge is 0.170 e. The van der Waals surface area contributed by atoms with Gasteiger partial charge in [-0.3, -0.25) is 0 Å². The average Bonchev–Trinajstić information content (AvgIpc) is 2.65. The monoisotopic (exact) mass is 236 g/mol. The van der Waals surface area contributed by atoms with E-state index in [2.05, 4.69) is 0 Å². The third-order valence-corrected chi connectivity index (χ3v) is 3.08. The normalized spacial score (nSPS) is 38.6. The Morgan fingerprint density at radius 2 is 2.12 bits per heavy atom. The van der Waals surface area contributed by atoms with Gasteiger partial charge in [0.25, 0.3) is 0 Å². The van der Waals surface area contributed by atoms with Crippen molar-refractivity contribution in [1.82, 2.24) is 0 Å². The second-order valence-electron chi connectivity index (χ2n) is 4.06. The molecule has 0 bridgehead atoms. The summed E-state index contributed by atoms with van der Waals surface area (Å²) in [7, 11) is 1.47. The average molecular weight is 236 g/mol. The number of rotatable bonds is 5. The molecule has 0 aromatic rings. The quantitative estimate of drug-likeness (QED) is 0.469. The molecule has 1 rings (SSSR count). The van der Waals surface area contributed by atoms with Gasteiger partial charge in [-0.1, -0.05) is 6.92 Å². The van der Waals surface area contributed by atoms with Gasteiger partial charge in [0.2, 0.25) is 0 Å². The highest BCUT2D eigenvalue weighted by Gasteiger charge is 2.49. The maximum atomic E-state index is 9.74. The molecular weight excluding hydrogens is 216 g/mol. The predicted molar refractivity (Wildman–Crippen MR) is 54.6 cm³/mol. The van der Waals surface area contributed by atoms with Gasteiger partial charge >= 0.3 is 0 Å². The van der Waals surface area contributed by atoms with Crippen molar-refractivity contribution in [2.45, 2.75) is 50.0 Å². The molecule has 6 heteroatoms. The van der Waals surface area contributed by atoms with Gasteiger partial charge in [0.05, 0.1) is 12.7 Å². The van der Waals surface area contributed by atoms with Crippen molar-refractivity contribution in [3.8, 4) is 0 Å². The molecule has 1 aliphatic heterocycles. The lowest BCUT2D eigenvalue weighted by molar-refractivity contribution is -0.235. The first-order valence-electron chi connectivity index (χ1n) is 5.37. The molecule has 6 nitrogen and oxygen atoms in total. The van der Waals surface area contributed by atoms with Crippen LogP contribution in [0.5, 0.6) is 0 Å². The van der Waals surface area contributed by atoms with Gasteiger partial charge in [-0.2, -0.15) is 0 Å². The van der Waals surface area contributed by atoms with E-state index in [-0.39, 0.29) is 6.42 Å². The lowest BCUT2D eigenvalue weighted by Gasteiger charge is -2.28. The zero-order valence-electron chi connectivity index (χ0n) is 9.54. The van der Waals surface area contributed by atoms with Crippen LogP contribution in [0.25, 0.3) is 0 Å². The topological polar surface area (TPSA) is 99.4 Å². The largest absolute Gasteiger partial charge is 0.394 e. The lowest BCUT2D eigenvalue weighted by atomic mass is 10.0. The SMILES string of the molecule is CCC1(OC)C[C@@H](O)[C@H]([C@H](O)[C@H](O)CO)O1. The van der Waals surface area contributed by atoms with E-state index in [1.54, 1.807) is 0 Å². The number of hydrogen-bond donors (Lipinski definition) is 4. The highest BCUT2D eigenvalue weighted by molar-refractivity contribution is 4.93. The molecule has 1 aliphatic rings. The van der Waals surface area contributed by atoms with E-state index in [1.807, 2.05) is 6.92 Å². The van der Waals surface area contributed by atoms with Gasteiger partial charge in [-0.05, 0) is 6.42 Å². The highest BCUT2D eigenvalue weighted by Crippen LogP contribution is 2.35. The summed E-state index contributed by atoms with van der Waals surface area (Å²) < 4.78 is 10.6. The molecule has 0 aromatic heterocycles. The number of aliphatic hydroxyl groups is 4. The van der Waals surface area contributed by atoms with Gasteiger partial charge in [-0.25, -0.2) is 0 Å². The molecule has 1 unspecified atom stereocenters. The summed E-state index contributed by atoms with van der Waals surface area (Å²) in [5.41, 5.74) is 0. The van der Waals surface area contributed by atoms with Crippen LogP contribution in [0.3, 0.4) is 0 Å². The minimum absolute atomic E-state index is 0.236. The second-order valence-corrected chi connectivity index (χ2v) is 4.06. The number of methoxy groups -OCH3 is 1. The van der Waals surface area contributed by atoms with E-state index in [0.29, 0.717) is 6.42 Å². The van der Waals surface area contributed by atoms with E-state index >= 15 is 0 Å². The molecule has 0 spiro atoms. The maximum Gasteiger partial charge on any atom is 0.170 e. The minimum Gasteiger partial charge on any atom is -0.394 e. The minimum atomic E-state index is -1.33. The van der Waals surface area contributed by atoms with Crippen molar-refractivity contribution in [3.63, 3.8) is 0 Å². The fourth-order valence-corrected chi connectivity index (χ4v) is 1.94. The molecule has 0 amide bonds. The molecule has 96 valence electrons. The van der Waals surface area contributed by atoms with Gasteiger partial charge in [-0.15, -0.1) is 0 Å². The van der Waals surface area contributed by atoms with Crippen LogP contribution in [0, 0.1) is 0 Å². The molecule has 0 radical (unpaired) electrons. The number of hydrogen-bond acceptors (Lipinski definition) is 6. The third-order valence-electron chi connectivity index (χ3n) is 3.08. The van der Waals surface area contributed by atoms with E-state index in [9.17, 15) is 15.3 Å². The molecule has 16 heavy (non-hydrogen) atoms. The van der Waals surface area contributed by atoms with Crippen LogP contribution in [0.4, 0.5) is 0 Å². The Kier molecular flexibility index (Phi) is 4.66. The summed E-state index contributed by atoms with van der Waals surface area (Å²) in [5, 5.41) is 37.4. The van der Waals surface area contributed by atoms with Gasteiger partial charge in [0.1, 0.15) is 18.3 Å². The van der Waals surface area contributed by atoms with E-state index < -0.39 is 36.8 Å². The summed E-state index contributed by atoms with van der Waals surface area (Å²) in [4.78, 5) is 0. The molecule has 0 aliphatic carbocycles. The Labute approximate surface area is 94.4 Å². The van der Waals surface area contributed by atoms with Crippen LogP contribution in [-0.2, 0) is 9.47 Å². The first-order chi connectivity index (χ1) is 7.49. The summed E-state index contributed by atoms with van der Waals surface area (Å²) in [6.45, 7) is 1.26. The number of aliphatic hydroxyl groups excluding tert-OH is 4. The first-order valence-corrected chi connectivity index (χ1v) is 5.37. The Balaban J connectivity index is 2.70. The van der Waals surface area contributed by atoms with Crippen LogP contribution in [0.2, 0.25) is 0 Å². The Morgan fingerprint density at radius 3 is 2.50 bits per heavy atom. The molecule has 0 aromatic carbocycles. The molecule has 0 saturated carbocycles. The summed E-state index contributed by atoms with van der Waals surface area (Å²) in [6.07, 6.45) is -3.76. The standard InChI is InChI=1S/C10H20O6/c1-3-10(15-2)4-6(12)9(16-10)8(14)7(13)5-11/h6-9,11-14H,3-5H2,1-2H3/t6-,7-,8-,9-,10?/m1/s1. The van der Waals surface area contributed by atoms with Crippen molar-refractivity contribution < 1.29 is 29.9 Å². The van der Waals surface area contributed by atoms with Gasteiger partial charge < -0.3 is 29.9 Å². The van der Waals surface area contributed by atoms with Crippen LogP contribution in [0.15, 0.2) is 0 Å². The Morgan fingerprint density at radius 1 is 1.50 bits per heavy atom. The third kappa shape index (κ3) is 2.53. The maximum absolute atomic E-state index is 9.74. The van der Waals surface area contributed by atoms with E-state index in [4.69, 9.17) is 14.6 Å². The summed E-state index contributed by atoms with van der Waals surface area (Å²) >= 11 is 0. The lowest BCUT2D eigenvalue weighted by Crippen LogP contribution is -2.45. The summed E-state index contributed by atoms with van der Waals surface area (Å²) in [6, 6.07) is 0. The summed E-state index contributed by atoms with van der Waals surface area (Å²) in [5.74, 6) is -0.916. The Bertz CT molecular complexity index is 217. The van der Waals surface area contributed by atoms with Gasteiger partial charge in [0, 0.05) is 13.5 Å². The Hall–Kier alpha value is -0.240. The molecule has 1 fully saturated rings. The predicted octanol–water partition coefficient (Wildman–Crippen LogP) is -1.40. The molecular formula is C10H20O6. The zero-order valence-corrected chi connectivity index (χ0v) is 9.54. The molecule has 1 heterocycles. The fourth-order valence-electron chi connectivity index (χ4n) is 1.94. The van der Waals surface area contributed by atoms with Crippen molar-refractivity contribution in [3.05, 3.63) is 0 Å². The molecule has 4 N–H and O–H groups in total. The number of ether oxygens (including phenoxy) is 2. The van der Waals surface area contributed by atoms with Crippen molar-refractivity contribution in [1.29, 1.82) is 0 Å². The second kappa shape index (κ2) is 5.39. The van der Waals surface area contributed by atoms with Crippen molar-refractivity contribution in [2.24, 2.45) is 0 Å². The van der Waals surface area contributed by atoms with E-state index in [0.717, 1.165) is 0 Å². The molecule has 1 saturated heterocycles. The zero-order chi connectivity index (χ0) is 12.3. The van der Waals surface area contributed by atoms with Crippen LogP contribution in [0.1, 0.15) is 19.8 Å². The molecule has 5 atom stereocenters.